The molecule has 0 aliphatic heterocycles. The van der Waals surface area contributed by atoms with E-state index in [4.69, 9.17) is 5.11 Å². The summed E-state index contributed by atoms with van der Waals surface area (Å²) < 4.78 is 0. The van der Waals surface area contributed by atoms with Crippen molar-refractivity contribution in [2.24, 2.45) is 11.8 Å². The van der Waals surface area contributed by atoms with Gasteiger partial charge in [0.1, 0.15) is 6.54 Å². The molecule has 1 amide bonds. The first-order valence-electron chi connectivity index (χ1n) is 6.87. The molecule has 0 aliphatic carbocycles. The van der Waals surface area contributed by atoms with Crippen molar-refractivity contribution in [1.29, 1.82) is 0 Å². The van der Waals surface area contributed by atoms with Crippen LogP contribution in [0.2, 0.25) is 0 Å². The molecular formula is C14H27NO3. The summed E-state index contributed by atoms with van der Waals surface area (Å²) in [5.41, 5.74) is 0. The van der Waals surface area contributed by atoms with Crippen molar-refractivity contribution in [2.45, 2.75) is 59.9 Å². The van der Waals surface area contributed by atoms with Crippen molar-refractivity contribution in [3.63, 3.8) is 0 Å². The third-order valence-corrected chi connectivity index (χ3v) is 3.43. The maximum atomic E-state index is 12.5. The van der Waals surface area contributed by atoms with Crippen LogP contribution in [-0.4, -0.2) is 34.5 Å². The topological polar surface area (TPSA) is 57.6 Å². The minimum absolute atomic E-state index is 0.0106. The molecule has 0 aromatic heterocycles. The van der Waals surface area contributed by atoms with E-state index in [0.717, 1.165) is 19.3 Å². The Balaban J connectivity index is 4.95. The summed E-state index contributed by atoms with van der Waals surface area (Å²) >= 11 is 0. The van der Waals surface area contributed by atoms with Crippen LogP contribution in [0.1, 0.15) is 53.9 Å². The molecule has 0 rings (SSSR count). The molecule has 0 spiro atoms. The molecule has 2 unspecified atom stereocenters. The van der Waals surface area contributed by atoms with E-state index < -0.39 is 5.97 Å². The number of carboxylic acid groups (broad SMARTS) is 1. The fourth-order valence-electron chi connectivity index (χ4n) is 2.08. The number of nitrogens with zero attached hydrogens (tertiary/aromatic N) is 1. The number of hydrogen-bond donors (Lipinski definition) is 1. The van der Waals surface area contributed by atoms with E-state index in [9.17, 15) is 9.59 Å². The second-order valence-electron chi connectivity index (χ2n) is 5.26. The van der Waals surface area contributed by atoms with Crippen LogP contribution in [0, 0.1) is 11.8 Å². The van der Waals surface area contributed by atoms with Crippen LogP contribution < -0.4 is 0 Å². The van der Waals surface area contributed by atoms with E-state index >= 15 is 0 Å². The molecule has 0 aromatic carbocycles. The molecule has 1 N–H and O–H groups in total. The first-order valence-corrected chi connectivity index (χ1v) is 6.87. The molecule has 0 fully saturated rings. The molecule has 2 atom stereocenters. The molecule has 0 heterocycles. The first-order chi connectivity index (χ1) is 8.34. The smallest absolute Gasteiger partial charge is 0.323 e. The summed E-state index contributed by atoms with van der Waals surface area (Å²) in [6.07, 6.45) is 2.54. The van der Waals surface area contributed by atoms with Gasteiger partial charge in [-0.3, -0.25) is 9.59 Å². The van der Waals surface area contributed by atoms with Gasteiger partial charge in [-0.2, -0.15) is 0 Å². The summed E-state index contributed by atoms with van der Waals surface area (Å²) in [7, 11) is 0. The Kier molecular flexibility index (Phi) is 7.64. The van der Waals surface area contributed by atoms with Crippen LogP contribution in [0.5, 0.6) is 0 Å². The molecule has 0 aromatic rings. The standard InChI is InChI=1S/C14H27NO3/c1-6-8-12(10(3)4)14(18)15(9-13(16)17)11(5)7-2/h10-12H,6-9H2,1-5H3,(H,16,17). The quantitative estimate of drug-likeness (QED) is 0.727. The number of carboxylic acids is 1. The van der Waals surface area contributed by atoms with Gasteiger partial charge in [0, 0.05) is 12.0 Å². The lowest BCUT2D eigenvalue weighted by molar-refractivity contribution is -0.149. The van der Waals surface area contributed by atoms with Crippen LogP contribution >= 0.6 is 0 Å². The molecule has 18 heavy (non-hydrogen) atoms. The van der Waals surface area contributed by atoms with Crippen LogP contribution in [-0.2, 0) is 9.59 Å². The lowest BCUT2D eigenvalue weighted by Gasteiger charge is -2.32. The van der Waals surface area contributed by atoms with E-state index in [2.05, 4.69) is 0 Å². The van der Waals surface area contributed by atoms with Crippen LogP contribution in [0.3, 0.4) is 0 Å². The van der Waals surface area contributed by atoms with E-state index in [1.165, 1.54) is 4.90 Å². The normalized spacial score (nSPS) is 14.3. The van der Waals surface area contributed by atoms with Crippen molar-refractivity contribution in [3.8, 4) is 0 Å². The van der Waals surface area contributed by atoms with Gasteiger partial charge in [0.2, 0.25) is 5.91 Å². The van der Waals surface area contributed by atoms with E-state index in [1.807, 2.05) is 34.6 Å². The second kappa shape index (κ2) is 8.11. The van der Waals surface area contributed by atoms with Gasteiger partial charge in [0.05, 0.1) is 0 Å². The first kappa shape index (κ1) is 16.9. The SMILES string of the molecule is CCCC(C(=O)N(CC(=O)O)C(C)CC)C(C)C. The fraction of sp³-hybridized carbons (Fsp3) is 0.857. The molecular weight excluding hydrogens is 230 g/mol. The Bertz CT molecular complexity index is 276. The highest BCUT2D eigenvalue weighted by Crippen LogP contribution is 2.21. The van der Waals surface area contributed by atoms with Gasteiger partial charge >= 0.3 is 5.97 Å². The summed E-state index contributed by atoms with van der Waals surface area (Å²) in [6.45, 7) is 9.77. The Morgan fingerprint density at radius 2 is 1.72 bits per heavy atom. The van der Waals surface area contributed by atoms with Crippen molar-refractivity contribution in [3.05, 3.63) is 0 Å². The highest BCUT2D eigenvalue weighted by atomic mass is 16.4. The van der Waals surface area contributed by atoms with Crippen molar-refractivity contribution >= 4 is 11.9 Å². The lowest BCUT2D eigenvalue weighted by atomic mass is 9.89. The number of rotatable bonds is 8. The van der Waals surface area contributed by atoms with Gasteiger partial charge in [-0.25, -0.2) is 0 Å². The number of carbonyl (C=O) groups is 2. The lowest BCUT2D eigenvalue weighted by Crippen LogP contribution is -2.46. The average molecular weight is 257 g/mol. The zero-order valence-corrected chi connectivity index (χ0v) is 12.3. The third-order valence-electron chi connectivity index (χ3n) is 3.43. The third kappa shape index (κ3) is 5.07. The Morgan fingerprint density at radius 3 is 2.06 bits per heavy atom. The molecule has 0 aliphatic rings. The summed E-state index contributed by atoms with van der Waals surface area (Å²) in [5, 5.41) is 8.93. The Labute approximate surface area is 110 Å². The predicted octanol–water partition coefficient (Wildman–Crippen LogP) is 2.77. The highest BCUT2D eigenvalue weighted by Gasteiger charge is 2.29. The van der Waals surface area contributed by atoms with E-state index in [1.54, 1.807) is 0 Å². The zero-order chi connectivity index (χ0) is 14.3. The van der Waals surface area contributed by atoms with Crippen LogP contribution in [0.15, 0.2) is 0 Å². The molecule has 106 valence electrons. The molecule has 0 saturated carbocycles. The Morgan fingerprint density at radius 1 is 1.17 bits per heavy atom. The predicted molar refractivity (Wildman–Crippen MR) is 72.3 cm³/mol. The maximum Gasteiger partial charge on any atom is 0.323 e. The largest absolute Gasteiger partial charge is 0.480 e. The zero-order valence-electron chi connectivity index (χ0n) is 12.3. The highest BCUT2D eigenvalue weighted by molar-refractivity contribution is 5.83. The number of carbonyl (C=O) groups excluding carboxylic acids is 1. The second-order valence-corrected chi connectivity index (χ2v) is 5.26. The Hall–Kier alpha value is -1.06. The molecule has 0 saturated heterocycles. The van der Waals surface area contributed by atoms with Crippen LogP contribution in [0.4, 0.5) is 0 Å². The molecule has 0 radical (unpaired) electrons. The number of hydrogen-bond acceptors (Lipinski definition) is 2. The van der Waals surface area contributed by atoms with Crippen LogP contribution in [0.25, 0.3) is 0 Å². The monoisotopic (exact) mass is 257 g/mol. The molecule has 4 heteroatoms. The van der Waals surface area contributed by atoms with Crippen molar-refractivity contribution in [1.82, 2.24) is 4.90 Å². The average Bonchev–Trinajstić information content (AvgIpc) is 2.30. The van der Waals surface area contributed by atoms with Gasteiger partial charge in [-0.15, -0.1) is 0 Å². The van der Waals surface area contributed by atoms with E-state index in [-0.39, 0.29) is 30.3 Å². The van der Waals surface area contributed by atoms with Crippen molar-refractivity contribution in [2.75, 3.05) is 6.54 Å². The maximum absolute atomic E-state index is 12.5. The van der Waals surface area contributed by atoms with Gasteiger partial charge in [-0.05, 0) is 25.7 Å². The fourth-order valence-corrected chi connectivity index (χ4v) is 2.08. The number of amides is 1. The van der Waals surface area contributed by atoms with Gasteiger partial charge in [-0.1, -0.05) is 34.1 Å². The summed E-state index contributed by atoms with van der Waals surface area (Å²) in [4.78, 5) is 24.9. The van der Waals surface area contributed by atoms with Gasteiger partial charge in [0.25, 0.3) is 0 Å². The van der Waals surface area contributed by atoms with Gasteiger partial charge in [0.15, 0.2) is 0 Å². The van der Waals surface area contributed by atoms with Crippen molar-refractivity contribution < 1.29 is 14.7 Å². The molecule has 0 bridgehead atoms. The summed E-state index contributed by atoms with van der Waals surface area (Å²) in [6, 6.07) is -0.0216. The molecule has 4 nitrogen and oxygen atoms in total. The van der Waals surface area contributed by atoms with E-state index in [0.29, 0.717) is 0 Å². The number of aliphatic carboxylic acids is 1. The van der Waals surface area contributed by atoms with Gasteiger partial charge < -0.3 is 10.0 Å². The minimum atomic E-state index is -0.942. The summed E-state index contributed by atoms with van der Waals surface area (Å²) in [5.74, 6) is -0.771. The minimum Gasteiger partial charge on any atom is -0.480 e.